The fourth-order valence-corrected chi connectivity index (χ4v) is 1.38. The largest absolute Gasteiger partial charge is 0.193 e. The van der Waals surface area contributed by atoms with Gasteiger partial charge < -0.3 is 0 Å². The van der Waals surface area contributed by atoms with Crippen molar-refractivity contribution in [3.63, 3.8) is 0 Å². The first-order valence-electron chi connectivity index (χ1n) is 2.93. The van der Waals surface area contributed by atoms with Crippen molar-refractivity contribution in [3.05, 3.63) is 28.5 Å². The number of nitrogens with zero attached hydrogens (tertiary/aromatic N) is 1. The molecule has 1 aromatic rings. The second-order valence-electron chi connectivity index (χ2n) is 1.97. The van der Waals surface area contributed by atoms with Gasteiger partial charge in [0.2, 0.25) is 0 Å². The summed E-state index contributed by atoms with van der Waals surface area (Å²) in [5.41, 5.74) is 2.18. The third-order valence-corrected chi connectivity index (χ3v) is 1.94. The number of nitriles is 1. The minimum atomic E-state index is 1.03. The van der Waals surface area contributed by atoms with Gasteiger partial charge in [0.05, 0.1) is 6.07 Å². The predicted molar refractivity (Wildman–Crippen MR) is 43.6 cm³/mol. The van der Waals surface area contributed by atoms with Crippen LogP contribution in [0.25, 0.3) is 5.57 Å². The van der Waals surface area contributed by atoms with Crippen LogP contribution in [0.2, 0.25) is 0 Å². The number of rotatable bonds is 1. The third kappa shape index (κ3) is 1.46. The normalized spacial score (nSPS) is 11.0. The molecular formula is C8H7NS. The maximum absolute atomic E-state index is 8.31. The van der Waals surface area contributed by atoms with Gasteiger partial charge in [-0.15, -0.1) is 0 Å². The summed E-state index contributed by atoms with van der Waals surface area (Å²) in [6.07, 6.45) is 1.56. The molecule has 0 aliphatic heterocycles. The lowest BCUT2D eigenvalue weighted by Crippen LogP contribution is -1.69. The van der Waals surface area contributed by atoms with E-state index in [1.807, 2.05) is 29.8 Å². The first-order valence-corrected chi connectivity index (χ1v) is 3.88. The van der Waals surface area contributed by atoms with Crippen LogP contribution in [-0.2, 0) is 0 Å². The highest BCUT2D eigenvalue weighted by Gasteiger charge is 1.92. The lowest BCUT2D eigenvalue weighted by atomic mass is 10.1. The third-order valence-electron chi connectivity index (χ3n) is 1.26. The van der Waals surface area contributed by atoms with Gasteiger partial charge in [0.15, 0.2) is 0 Å². The number of hydrogen-bond donors (Lipinski definition) is 0. The Balaban J connectivity index is 2.90. The Morgan fingerprint density at radius 1 is 1.80 bits per heavy atom. The Morgan fingerprint density at radius 3 is 3.10 bits per heavy atom. The molecule has 0 unspecified atom stereocenters. The van der Waals surface area contributed by atoms with Crippen LogP contribution in [0.1, 0.15) is 12.5 Å². The molecular weight excluding hydrogens is 142 g/mol. The van der Waals surface area contributed by atoms with Crippen molar-refractivity contribution >= 4 is 16.9 Å². The molecule has 0 radical (unpaired) electrons. The minimum Gasteiger partial charge on any atom is -0.193 e. The highest BCUT2D eigenvalue weighted by molar-refractivity contribution is 7.08. The second-order valence-corrected chi connectivity index (χ2v) is 2.75. The highest BCUT2D eigenvalue weighted by atomic mass is 32.1. The van der Waals surface area contributed by atoms with Gasteiger partial charge >= 0.3 is 0 Å². The number of hydrogen-bond acceptors (Lipinski definition) is 2. The van der Waals surface area contributed by atoms with E-state index in [1.165, 1.54) is 0 Å². The van der Waals surface area contributed by atoms with Gasteiger partial charge in [-0.25, -0.2) is 0 Å². The maximum Gasteiger partial charge on any atom is 0.0915 e. The summed E-state index contributed by atoms with van der Waals surface area (Å²) in [6, 6.07) is 4.01. The van der Waals surface area contributed by atoms with E-state index in [0.29, 0.717) is 0 Å². The second kappa shape index (κ2) is 3.19. The average Bonchev–Trinajstić information content (AvgIpc) is 2.38. The molecule has 0 fully saturated rings. The molecule has 0 atom stereocenters. The first-order chi connectivity index (χ1) is 4.84. The summed E-state index contributed by atoms with van der Waals surface area (Å²) >= 11 is 1.64. The molecule has 0 aromatic carbocycles. The molecule has 0 aliphatic carbocycles. The van der Waals surface area contributed by atoms with Crippen molar-refractivity contribution < 1.29 is 0 Å². The zero-order valence-corrected chi connectivity index (χ0v) is 6.48. The van der Waals surface area contributed by atoms with E-state index >= 15 is 0 Å². The lowest BCUT2D eigenvalue weighted by molar-refractivity contribution is 1.53. The molecule has 0 bridgehead atoms. The molecule has 1 aromatic heterocycles. The predicted octanol–water partition coefficient (Wildman–Crippen LogP) is 2.67. The molecule has 50 valence electrons. The number of thiophene rings is 1. The van der Waals surface area contributed by atoms with Gasteiger partial charge in [0.1, 0.15) is 0 Å². The molecule has 10 heavy (non-hydrogen) atoms. The van der Waals surface area contributed by atoms with Crippen molar-refractivity contribution in [2.24, 2.45) is 0 Å². The van der Waals surface area contributed by atoms with Gasteiger partial charge in [-0.2, -0.15) is 16.6 Å². The summed E-state index contributed by atoms with van der Waals surface area (Å²) in [7, 11) is 0. The maximum atomic E-state index is 8.31. The molecule has 1 heterocycles. The summed E-state index contributed by atoms with van der Waals surface area (Å²) < 4.78 is 0. The SMILES string of the molecule is CC(=CC#N)c1ccsc1. The summed E-state index contributed by atoms with van der Waals surface area (Å²) in [6.45, 7) is 1.94. The van der Waals surface area contributed by atoms with E-state index in [9.17, 15) is 0 Å². The van der Waals surface area contributed by atoms with Gasteiger partial charge in [-0.1, -0.05) is 0 Å². The zero-order valence-electron chi connectivity index (χ0n) is 5.66. The minimum absolute atomic E-state index is 1.03. The van der Waals surface area contributed by atoms with E-state index in [2.05, 4.69) is 0 Å². The van der Waals surface area contributed by atoms with Crippen LogP contribution in [0.15, 0.2) is 22.9 Å². The molecule has 0 saturated carbocycles. The van der Waals surface area contributed by atoms with E-state index < -0.39 is 0 Å². The van der Waals surface area contributed by atoms with Gasteiger partial charge in [-0.3, -0.25) is 0 Å². The fraction of sp³-hybridized carbons (Fsp3) is 0.125. The summed E-state index contributed by atoms with van der Waals surface area (Å²) in [5, 5.41) is 12.3. The van der Waals surface area contributed by atoms with E-state index in [0.717, 1.165) is 11.1 Å². The highest BCUT2D eigenvalue weighted by Crippen LogP contribution is 2.15. The lowest BCUT2D eigenvalue weighted by Gasteiger charge is -1.89. The monoisotopic (exact) mass is 149 g/mol. The Kier molecular flexibility index (Phi) is 2.24. The Bertz CT molecular complexity index is 264. The van der Waals surface area contributed by atoms with Crippen LogP contribution >= 0.6 is 11.3 Å². The molecule has 0 saturated heterocycles. The van der Waals surface area contributed by atoms with Crippen molar-refractivity contribution in [2.45, 2.75) is 6.92 Å². The van der Waals surface area contributed by atoms with Gasteiger partial charge in [0.25, 0.3) is 0 Å². The number of allylic oxidation sites excluding steroid dienone is 2. The Labute approximate surface area is 64.2 Å². The van der Waals surface area contributed by atoms with Gasteiger partial charge in [-0.05, 0) is 34.9 Å². The van der Waals surface area contributed by atoms with Crippen LogP contribution in [0, 0.1) is 11.3 Å². The van der Waals surface area contributed by atoms with Crippen molar-refractivity contribution in [1.29, 1.82) is 5.26 Å². The molecule has 1 nitrogen and oxygen atoms in total. The summed E-state index contributed by atoms with van der Waals surface area (Å²) in [5.74, 6) is 0. The van der Waals surface area contributed by atoms with E-state index in [1.54, 1.807) is 17.4 Å². The first kappa shape index (κ1) is 7.04. The average molecular weight is 149 g/mol. The van der Waals surface area contributed by atoms with Crippen LogP contribution in [0.5, 0.6) is 0 Å². The standard InChI is InChI=1S/C8H7NS/c1-7(2-4-9)8-3-5-10-6-8/h2-3,5-6H,1H3. The van der Waals surface area contributed by atoms with E-state index in [-0.39, 0.29) is 0 Å². The molecule has 0 spiro atoms. The van der Waals surface area contributed by atoms with Gasteiger partial charge in [0, 0.05) is 6.08 Å². The Hall–Kier alpha value is -1.07. The summed E-state index contributed by atoms with van der Waals surface area (Å²) in [4.78, 5) is 0. The Morgan fingerprint density at radius 2 is 2.60 bits per heavy atom. The van der Waals surface area contributed by atoms with Crippen molar-refractivity contribution in [2.75, 3.05) is 0 Å². The van der Waals surface area contributed by atoms with Crippen LogP contribution in [0.3, 0.4) is 0 Å². The topological polar surface area (TPSA) is 23.8 Å². The molecule has 0 aliphatic rings. The van der Waals surface area contributed by atoms with Crippen LogP contribution in [0.4, 0.5) is 0 Å². The van der Waals surface area contributed by atoms with E-state index in [4.69, 9.17) is 5.26 Å². The quantitative estimate of drug-likeness (QED) is 0.563. The molecule has 1 rings (SSSR count). The van der Waals surface area contributed by atoms with Crippen LogP contribution in [-0.4, -0.2) is 0 Å². The van der Waals surface area contributed by atoms with Crippen molar-refractivity contribution in [3.8, 4) is 6.07 Å². The fourth-order valence-electron chi connectivity index (χ4n) is 0.669. The molecule has 0 amide bonds. The zero-order chi connectivity index (χ0) is 7.40. The smallest absolute Gasteiger partial charge is 0.0915 e. The van der Waals surface area contributed by atoms with Crippen LogP contribution < -0.4 is 0 Å². The molecule has 2 heteroatoms. The van der Waals surface area contributed by atoms with Crippen molar-refractivity contribution in [1.82, 2.24) is 0 Å². The molecule has 0 N–H and O–H groups in total.